The Morgan fingerprint density at radius 1 is 0.438 bits per heavy atom. The number of rotatable bonds is 6. The first-order valence-corrected chi connectivity index (χ1v) is 22.2. The molecule has 0 unspecified atom stereocenters. The van der Waals surface area contributed by atoms with E-state index in [1.807, 2.05) is 0 Å². The second-order valence-corrected chi connectivity index (χ2v) is 17.7. The average Bonchev–Trinajstić information content (AvgIpc) is 3.98. The molecule has 0 bridgehead atoms. The van der Waals surface area contributed by atoms with E-state index in [2.05, 4.69) is 242 Å². The Hall–Kier alpha value is -8.14. The first-order valence-electron chi connectivity index (χ1n) is 22.2. The first-order chi connectivity index (χ1) is 31.5. The second kappa shape index (κ2) is 13.9. The number of hydrogen-bond donors (Lipinski definition) is 0. The van der Waals surface area contributed by atoms with Crippen molar-refractivity contribution in [2.75, 3.05) is 4.90 Å². The van der Waals surface area contributed by atoms with Crippen LogP contribution in [0.3, 0.4) is 0 Å². The maximum absolute atomic E-state index is 6.87. The van der Waals surface area contributed by atoms with Crippen LogP contribution in [0.2, 0.25) is 0 Å². The number of furan rings is 1. The van der Waals surface area contributed by atoms with Gasteiger partial charge < -0.3 is 13.9 Å². The summed E-state index contributed by atoms with van der Waals surface area (Å²) in [6, 6.07) is 79.6. The van der Waals surface area contributed by atoms with Crippen molar-refractivity contribution in [2.24, 2.45) is 0 Å². The molecule has 13 rings (SSSR count). The lowest BCUT2D eigenvalue weighted by atomic mass is 9.82. The van der Waals surface area contributed by atoms with E-state index < -0.39 is 0 Å². The number of para-hydroxylation sites is 3. The van der Waals surface area contributed by atoms with Crippen LogP contribution in [-0.2, 0) is 5.41 Å². The molecule has 3 nitrogen and oxygen atoms in total. The van der Waals surface area contributed by atoms with Crippen LogP contribution in [-0.4, -0.2) is 4.57 Å². The first kappa shape index (κ1) is 36.5. The Morgan fingerprint density at radius 3 is 1.95 bits per heavy atom. The maximum atomic E-state index is 6.87. The van der Waals surface area contributed by atoms with E-state index in [4.69, 9.17) is 4.42 Å². The molecule has 0 amide bonds. The van der Waals surface area contributed by atoms with Gasteiger partial charge in [0.05, 0.1) is 16.7 Å². The van der Waals surface area contributed by atoms with Gasteiger partial charge in [0.2, 0.25) is 0 Å². The molecule has 2 heterocycles. The Morgan fingerprint density at radius 2 is 1.09 bits per heavy atom. The third-order valence-corrected chi connectivity index (χ3v) is 13.8. The normalized spacial score (nSPS) is 13.0. The Kier molecular flexibility index (Phi) is 7.95. The van der Waals surface area contributed by atoms with Gasteiger partial charge in [-0.3, -0.25) is 0 Å². The Bertz CT molecular complexity index is 3810. The van der Waals surface area contributed by atoms with Gasteiger partial charge in [-0.1, -0.05) is 172 Å². The molecule has 0 spiro atoms. The lowest BCUT2D eigenvalue weighted by molar-refractivity contribution is 0.660. The van der Waals surface area contributed by atoms with Crippen molar-refractivity contribution in [1.82, 2.24) is 4.57 Å². The van der Waals surface area contributed by atoms with Gasteiger partial charge in [-0.25, -0.2) is 0 Å². The molecule has 0 fully saturated rings. The molecule has 10 aromatic carbocycles. The molecule has 64 heavy (non-hydrogen) atoms. The summed E-state index contributed by atoms with van der Waals surface area (Å²) < 4.78 is 9.28. The highest BCUT2D eigenvalue weighted by molar-refractivity contribution is 6.26. The molecular weight excluding hydrogens is 777 g/mol. The van der Waals surface area contributed by atoms with Crippen LogP contribution < -0.4 is 4.90 Å². The van der Waals surface area contributed by atoms with Gasteiger partial charge in [-0.15, -0.1) is 0 Å². The van der Waals surface area contributed by atoms with Crippen molar-refractivity contribution in [3.8, 4) is 39.1 Å². The lowest BCUT2D eigenvalue weighted by Crippen LogP contribution is -2.16. The average molecular weight is 819 g/mol. The summed E-state index contributed by atoms with van der Waals surface area (Å²) in [6.07, 6.45) is 0. The highest BCUT2D eigenvalue weighted by Crippen LogP contribution is 2.52. The molecule has 0 aliphatic heterocycles. The van der Waals surface area contributed by atoms with E-state index in [-0.39, 0.29) is 5.41 Å². The van der Waals surface area contributed by atoms with Gasteiger partial charge >= 0.3 is 0 Å². The van der Waals surface area contributed by atoms with Crippen LogP contribution in [0, 0.1) is 0 Å². The van der Waals surface area contributed by atoms with E-state index in [1.165, 1.54) is 60.5 Å². The topological polar surface area (TPSA) is 21.3 Å². The van der Waals surface area contributed by atoms with Crippen LogP contribution in [0.5, 0.6) is 0 Å². The van der Waals surface area contributed by atoms with Gasteiger partial charge in [0.15, 0.2) is 5.58 Å². The predicted octanol–water partition coefficient (Wildman–Crippen LogP) is 16.9. The van der Waals surface area contributed by atoms with Crippen molar-refractivity contribution in [3.05, 3.63) is 230 Å². The van der Waals surface area contributed by atoms with Crippen molar-refractivity contribution in [3.63, 3.8) is 0 Å². The predicted molar refractivity (Wildman–Crippen MR) is 269 cm³/mol. The zero-order valence-electron chi connectivity index (χ0n) is 35.6. The number of aromatic nitrogens is 1. The van der Waals surface area contributed by atoms with E-state index in [0.29, 0.717) is 0 Å². The molecule has 1 aliphatic carbocycles. The van der Waals surface area contributed by atoms with E-state index in [0.717, 1.165) is 61.3 Å². The summed E-state index contributed by atoms with van der Waals surface area (Å²) in [5.41, 5.74) is 18.3. The van der Waals surface area contributed by atoms with E-state index >= 15 is 0 Å². The van der Waals surface area contributed by atoms with E-state index in [9.17, 15) is 0 Å². The Balaban J connectivity index is 1.04. The smallest absolute Gasteiger partial charge is 0.160 e. The molecule has 2 aromatic heterocycles. The van der Waals surface area contributed by atoms with Crippen molar-refractivity contribution in [1.29, 1.82) is 0 Å². The van der Waals surface area contributed by atoms with Gasteiger partial charge in [0.1, 0.15) is 5.58 Å². The summed E-state index contributed by atoms with van der Waals surface area (Å²) in [6.45, 7) is 4.71. The van der Waals surface area contributed by atoms with Crippen LogP contribution >= 0.6 is 0 Å². The fourth-order valence-corrected chi connectivity index (χ4v) is 10.7. The molecule has 12 aromatic rings. The Labute approximate surface area is 371 Å². The fraction of sp³-hybridized carbons (Fsp3) is 0.0492. The molecule has 0 saturated heterocycles. The minimum Gasteiger partial charge on any atom is -0.454 e. The largest absolute Gasteiger partial charge is 0.454 e. The molecule has 1 aliphatic rings. The quantitative estimate of drug-likeness (QED) is 0.167. The highest BCUT2D eigenvalue weighted by Gasteiger charge is 2.36. The summed E-state index contributed by atoms with van der Waals surface area (Å²) in [5, 5.41) is 7.00. The van der Waals surface area contributed by atoms with Gasteiger partial charge in [0, 0.05) is 49.6 Å². The zero-order chi connectivity index (χ0) is 42.5. The molecule has 0 saturated carbocycles. The number of benzene rings is 10. The highest BCUT2D eigenvalue weighted by atomic mass is 16.3. The zero-order valence-corrected chi connectivity index (χ0v) is 35.6. The molecule has 3 heteroatoms. The third kappa shape index (κ3) is 5.41. The van der Waals surface area contributed by atoms with E-state index in [1.54, 1.807) is 0 Å². The monoisotopic (exact) mass is 818 g/mol. The standard InChI is InChI=1S/C61H42N2O/c1-61(2)53-24-12-8-21-47(53)48-35-34-45(37-54(48)61)62(55-25-13-9-20-46(55)40-17-4-3-5-18-40)43-31-29-41(30-32-43)51-38-52-49-22-11-15-27-57(49)64-60(52)59-58(51)50-23-10-14-26-56(50)63(59)44-33-28-39-16-6-7-19-42(39)36-44/h3-38H,1-2H3. The number of hydrogen-bond acceptors (Lipinski definition) is 2. The minimum atomic E-state index is -0.135. The fourth-order valence-electron chi connectivity index (χ4n) is 10.7. The molecular formula is C61H42N2O. The summed E-state index contributed by atoms with van der Waals surface area (Å²) in [4.78, 5) is 2.44. The second-order valence-electron chi connectivity index (χ2n) is 17.7. The lowest BCUT2D eigenvalue weighted by Gasteiger charge is -2.30. The SMILES string of the molecule is CC1(C)c2ccccc2-c2ccc(N(c3ccc(-c4cc5c6ccccc6oc5c5c4c4ccccc4n5-c4ccc5ccccc5c4)cc3)c3ccccc3-c3ccccc3)cc21. The van der Waals surface area contributed by atoms with Gasteiger partial charge in [-0.05, 0) is 110 Å². The van der Waals surface area contributed by atoms with Crippen molar-refractivity contribution in [2.45, 2.75) is 19.3 Å². The van der Waals surface area contributed by atoms with Crippen LogP contribution in [0.25, 0.3) is 93.6 Å². The van der Waals surface area contributed by atoms with Crippen molar-refractivity contribution >= 4 is 71.6 Å². The number of anilines is 3. The van der Waals surface area contributed by atoms with Gasteiger partial charge in [0.25, 0.3) is 0 Å². The summed E-state index contributed by atoms with van der Waals surface area (Å²) in [7, 11) is 0. The van der Waals surface area contributed by atoms with Crippen LogP contribution in [0.15, 0.2) is 223 Å². The molecule has 0 radical (unpaired) electrons. The molecule has 302 valence electrons. The van der Waals surface area contributed by atoms with Crippen LogP contribution in [0.4, 0.5) is 17.1 Å². The van der Waals surface area contributed by atoms with Crippen molar-refractivity contribution < 1.29 is 4.42 Å². The summed E-state index contributed by atoms with van der Waals surface area (Å²) in [5.74, 6) is 0. The minimum absolute atomic E-state index is 0.135. The number of nitrogens with zero attached hydrogens (tertiary/aromatic N) is 2. The molecule has 0 N–H and O–H groups in total. The summed E-state index contributed by atoms with van der Waals surface area (Å²) >= 11 is 0. The maximum Gasteiger partial charge on any atom is 0.160 e. The van der Waals surface area contributed by atoms with Crippen LogP contribution in [0.1, 0.15) is 25.0 Å². The molecule has 0 atom stereocenters. The third-order valence-electron chi connectivity index (χ3n) is 13.8. The van der Waals surface area contributed by atoms with Gasteiger partial charge in [-0.2, -0.15) is 0 Å². The number of fused-ring (bicyclic) bond motifs is 11.